The Hall–Kier alpha value is -2.81. The van der Waals surface area contributed by atoms with Gasteiger partial charge in [-0.05, 0) is 35.7 Å². The summed E-state index contributed by atoms with van der Waals surface area (Å²) in [5, 5.41) is 2.34. The van der Waals surface area contributed by atoms with E-state index in [4.69, 9.17) is 4.74 Å². The second-order valence-electron chi connectivity index (χ2n) is 4.96. The topological polar surface area (TPSA) is 27.1 Å². The zero-order chi connectivity index (χ0) is 14.2. The summed E-state index contributed by atoms with van der Waals surface area (Å²) in [5.41, 5.74) is 3.26. The molecule has 2 heterocycles. The number of methoxy groups -OCH3 is 1. The predicted octanol–water partition coefficient (Wildman–Crippen LogP) is 4.19. The molecule has 0 amide bonds. The lowest BCUT2D eigenvalue weighted by molar-refractivity contribution is 0.415. The SMILES string of the molecule is COc1ccc2c(-n3ccc4ccccc43)ccnc2c1. The smallest absolute Gasteiger partial charge is 0.121 e. The van der Waals surface area contributed by atoms with Crippen LogP contribution in [0.4, 0.5) is 0 Å². The highest BCUT2D eigenvalue weighted by Crippen LogP contribution is 2.27. The number of rotatable bonds is 2. The van der Waals surface area contributed by atoms with E-state index in [9.17, 15) is 0 Å². The highest BCUT2D eigenvalue weighted by Gasteiger charge is 2.07. The Bertz CT molecular complexity index is 940. The van der Waals surface area contributed by atoms with Crippen LogP contribution in [0.1, 0.15) is 0 Å². The van der Waals surface area contributed by atoms with Crippen LogP contribution in [0.5, 0.6) is 5.75 Å². The van der Waals surface area contributed by atoms with Crippen molar-refractivity contribution < 1.29 is 4.74 Å². The first-order chi connectivity index (χ1) is 10.4. The maximum atomic E-state index is 5.28. The number of hydrogen-bond acceptors (Lipinski definition) is 2. The van der Waals surface area contributed by atoms with Gasteiger partial charge >= 0.3 is 0 Å². The molecule has 2 aromatic heterocycles. The first-order valence-electron chi connectivity index (χ1n) is 6.86. The van der Waals surface area contributed by atoms with Gasteiger partial charge in [-0.15, -0.1) is 0 Å². The molecule has 0 N–H and O–H groups in total. The van der Waals surface area contributed by atoms with Gasteiger partial charge in [0.15, 0.2) is 0 Å². The van der Waals surface area contributed by atoms with Crippen LogP contribution in [-0.2, 0) is 0 Å². The maximum Gasteiger partial charge on any atom is 0.121 e. The minimum atomic E-state index is 0.824. The zero-order valence-corrected chi connectivity index (χ0v) is 11.7. The molecular weight excluding hydrogens is 260 g/mol. The van der Waals surface area contributed by atoms with Crippen molar-refractivity contribution in [3.05, 3.63) is 67.0 Å². The quantitative estimate of drug-likeness (QED) is 0.548. The Morgan fingerprint density at radius 1 is 1.00 bits per heavy atom. The molecule has 102 valence electrons. The zero-order valence-electron chi connectivity index (χ0n) is 11.7. The summed E-state index contributed by atoms with van der Waals surface area (Å²) in [6.07, 6.45) is 3.94. The van der Waals surface area contributed by atoms with Crippen molar-refractivity contribution in [3.63, 3.8) is 0 Å². The second kappa shape index (κ2) is 4.63. The summed E-state index contributed by atoms with van der Waals surface area (Å²) in [7, 11) is 1.67. The number of para-hydroxylation sites is 1. The van der Waals surface area contributed by atoms with Crippen molar-refractivity contribution in [2.45, 2.75) is 0 Å². The Kier molecular flexibility index (Phi) is 2.64. The van der Waals surface area contributed by atoms with Crippen LogP contribution < -0.4 is 4.74 Å². The van der Waals surface area contributed by atoms with Gasteiger partial charge in [-0.1, -0.05) is 18.2 Å². The summed E-state index contributed by atoms with van der Waals surface area (Å²) >= 11 is 0. The van der Waals surface area contributed by atoms with Crippen molar-refractivity contribution in [1.29, 1.82) is 0 Å². The van der Waals surface area contributed by atoms with Gasteiger partial charge in [0.25, 0.3) is 0 Å². The lowest BCUT2D eigenvalue weighted by Gasteiger charge is -2.10. The van der Waals surface area contributed by atoms with E-state index < -0.39 is 0 Å². The van der Waals surface area contributed by atoms with Crippen LogP contribution >= 0.6 is 0 Å². The lowest BCUT2D eigenvalue weighted by atomic mass is 10.1. The van der Waals surface area contributed by atoms with Gasteiger partial charge < -0.3 is 9.30 Å². The summed E-state index contributed by atoms with van der Waals surface area (Å²) in [6.45, 7) is 0. The van der Waals surface area contributed by atoms with E-state index in [0.717, 1.165) is 22.3 Å². The van der Waals surface area contributed by atoms with Gasteiger partial charge in [-0.3, -0.25) is 4.98 Å². The molecule has 0 saturated heterocycles. The van der Waals surface area contributed by atoms with Gasteiger partial charge in [-0.2, -0.15) is 0 Å². The molecule has 4 aromatic rings. The summed E-state index contributed by atoms with van der Waals surface area (Å²) in [4.78, 5) is 4.45. The van der Waals surface area contributed by atoms with E-state index >= 15 is 0 Å². The minimum absolute atomic E-state index is 0.824. The van der Waals surface area contributed by atoms with E-state index in [2.05, 4.69) is 52.1 Å². The number of fused-ring (bicyclic) bond motifs is 2. The van der Waals surface area contributed by atoms with Crippen LogP contribution in [0.3, 0.4) is 0 Å². The number of nitrogens with zero attached hydrogens (tertiary/aromatic N) is 2. The van der Waals surface area contributed by atoms with E-state index in [1.54, 1.807) is 7.11 Å². The maximum absolute atomic E-state index is 5.28. The third-order valence-electron chi connectivity index (χ3n) is 3.79. The largest absolute Gasteiger partial charge is 0.497 e. The molecule has 0 bridgehead atoms. The number of hydrogen-bond donors (Lipinski definition) is 0. The first-order valence-corrected chi connectivity index (χ1v) is 6.86. The Morgan fingerprint density at radius 2 is 1.90 bits per heavy atom. The number of benzene rings is 2. The second-order valence-corrected chi connectivity index (χ2v) is 4.96. The van der Waals surface area contributed by atoms with Crippen molar-refractivity contribution >= 4 is 21.8 Å². The fraction of sp³-hybridized carbons (Fsp3) is 0.0556. The molecule has 0 radical (unpaired) electrons. The van der Waals surface area contributed by atoms with Crippen LogP contribution in [0, 0.1) is 0 Å². The molecule has 0 aliphatic heterocycles. The Balaban J connectivity index is 2.02. The Labute approximate surface area is 122 Å². The molecule has 0 unspecified atom stereocenters. The molecule has 0 spiro atoms. The Morgan fingerprint density at radius 3 is 2.81 bits per heavy atom. The monoisotopic (exact) mass is 274 g/mol. The fourth-order valence-corrected chi connectivity index (χ4v) is 2.74. The van der Waals surface area contributed by atoms with Crippen molar-refractivity contribution in [2.24, 2.45) is 0 Å². The lowest BCUT2D eigenvalue weighted by Crippen LogP contribution is -1.95. The van der Waals surface area contributed by atoms with Crippen molar-refractivity contribution in [2.75, 3.05) is 7.11 Å². The summed E-state index contributed by atoms with van der Waals surface area (Å²) in [5.74, 6) is 0.824. The highest BCUT2D eigenvalue weighted by molar-refractivity contribution is 5.91. The minimum Gasteiger partial charge on any atom is -0.497 e. The standard InChI is InChI=1S/C18H14N2O/c1-21-14-6-7-15-16(12-14)19-10-8-18(15)20-11-9-13-4-2-3-5-17(13)20/h2-12H,1H3. The molecular formula is C18H14N2O. The van der Waals surface area contributed by atoms with Crippen LogP contribution in [-0.4, -0.2) is 16.7 Å². The van der Waals surface area contributed by atoms with Crippen molar-refractivity contribution in [3.8, 4) is 11.4 Å². The van der Waals surface area contributed by atoms with Gasteiger partial charge in [0.1, 0.15) is 5.75 Å². The molecule has 21 heavy (non-hydrogen) atoms. The van der Waals surface area contributed by atoms with Gasteiger partial charge in [0, 0.05) is 23.8 Å². The normalized spacial score (nSPS) is 11.1. The van der Waals surface area contributed by atoms with E-state index in [-0.39, 0.29) is 0 Å². The summed E-state index contributed by atoms with van der Waals surface area (Å²) in [6, 6.07) is 18.5. The first kappa shape index (κ1) is 12.0. The van der Waals surface area contributed by atoms with Gasteiger partial charge in [-0.25, -0.2) is 0 Å². The van der Waals surface area contributed by atoms with Gasteiger partial charge in [0.05, 0.1) is 23.8 Å². The predicted molar refractivity (Wildman–Crippen MR) is 85.1 cm³/mol. The highest BCUT2D eigenvalue weighted by atomic mass is 16.5. The van der Waals surface area contributed by atoms with E-state index in [1.165, 1.54) is 10.9 Å². The van der Waals surface area contributed by atoms with Crippen LogP contribution in [0.15, 0.2) is 67.0 Å². The molecule has 3 nitrogen and oxygen atoms in total. The number of ether oxygens (including phenoxy) is 1. The number of pyridine rings is 1. The molecule has 2 aromatic carbocycles. The van der Waals surface area contributed by atoms with Gasteiger partial charge in [0.2, 0.25) is 0 Å². The molecule has 0 saturated carbocycles. The van der Waals surface area contributed by atoms with E-state index in [1.807, 2.05) is 24.4 Å². The average molecular weight is 274 g/mol. The summed E-state index contributed by atoms with van der Waals surface area (Å²) < 4.78 is 7.48. The molecule has 0 atom stereocenters. The molecule has 0 fully saturated rings. The van der Waals surface area contributed by atoms with Crippen molar-refractivity contribution in [1.82, 2.24) is 9.55 Å². The molecule has 3 heteroatoms. The third kappa shape index (κ3) is 1.86. The average Bonchev–Trinajstić information content (AvgIpc) is 2.97. The number of aromatic nitrogens is 2. The third-order valence-corrected chi connectivity index (χ3v) is 3.79. The fourth-order valence-electron chi connectivity index (χ4n) is 2.74. The van der Waals surface area contributed by atoms with Crippen LogP contribution in [0.2, 0.25) is 0 Å². The van der Waals surface area contributed by atoms with E-state index in [0.29, 0.717) is 0 Å². The molecule has 4 rings (SSSR count). The molecule has 0 aliphatic carbocycles. The van der Waals surface area contributed by atoms with Crippen LogP contribution in [0.25, 0.3) is 27.5 Å². The molecule has 0 aliphatic rings.